The zero-order valence-corrected chi connectivity index (χ0v) is 10.9. The summed E-state index contributed by atoms with van der Waals surface area (Å²) in [5.41, 5.74) is 0. The molecule has 4 heteroatoms. The number of rotatable bonds is 6. The number of nitrogens with zero attached hydrogens (tertiary/aromatic N) is 1. The first-order valence-electron chi connectivity index (χ1n) is 6.94. The molecular formula is C13H25N3O. The molecular weight excluding hydrogens is 214 g/mol. The van der Waals surface area contributed by atoms with Crippen LogP contribution in [0.2, 0.25) is 0 Å². The Hall–Kier alpha value is -0.610. The number of amides is 1. The van der Waals surface area contributed by atoms with Crippen molar-refractivity contribution in [1.82, 2.24) is 15.5 Å². The van der Waals surface area contributed by atoms with Crippen molar-refractivity contribution in [1.29, 1.82) is 0 Å². The van der Waals surface area contributed by atoms with Crippen LogP contribution in [0.25, 0.3) is 0 Å². The average molecular weight is 239 g/mol. The molecule has 2 fully saturated rings. The fourth-order valence-corrected chi connectivity index (χ4v) is 2.49. The van der Waals surface area contributed by atoms with Crippen LogP contribution >= 0.6 is 0 Å². The van der Waals surface area contributed by atoms with E-state index in [-0.39, 0.29) is 5.91 Å². The van der Waals surface area contributed by atoms with Crippen molar-refractivity contribution in [3.8, 4) is 0 Å². The number of hydrogen-bond donors (Lipinski definition) is 2. The lowest BCUT2D eigenvalue weighted by Crippen LogP contribution is -2.42. The van der Waals surface area contributed by atoms with Crippen molar-refractivity contribution in [2.45, 2.75) is 38.1 Å². The molecule has 2 rings (SSSR count). The minimum absolute atomic E-state index is 0.223. The summed E-state index contributed by atoms with van der Waals surface area (Å²) in [7, 11) is 2.01. The van der Waals surface area contributed by atoms with Gasteiger partial charge in [-0.05, 0) is 64.7 Å². The van der Waals surface area contributed by atoms with Crippen molar-refractivity contribution < 1.29 is 4.79 Å². The highest BCUT2D eigenvalue weighted by atomic mass is 16.2. The van der Waals surface area contributed by atoms with Crippen molar-refractivity contribution in [3.63, 3.8) is 0 Å². The van der Waals surface area contributed by atoms with Gasteiger partial charge in [-0.1, -0.05) is 0 Å². The molecule has 0 unspecified atom stereocenters. The fourth-order valence-electron chi connectivity index (χ4n) is 2.49. The Morgan fingerprint density at radius 1 is 1.24 bits per heavy atom. The molecule has 0 spiro atoms. The molecule has 0 atom stereocenters. The standard InChI is InChI=1S/C13H25N3O/c1-14-7-4-11-5-8-16(9-6-11)10-13(17)15-12-2-3-12/h11-12,14H,2-10H2,1H3,(H,15,17). The molecule has 1 saturated carbocycles. The maximum Gasteiger partial charge on any atom is 0.234 e. The highest BCUT2D eigenvalue weighted by molar-refractivity contribution is 5.78. The molecule has 1 saturated heterocycles. The molecule has 0 aromatic rings. The lowest BCUT2D eigenvalue weighted by Gasteiger charge is -2.31. The second-order valence-electron chi connectivity index (χ2n) is 5.45. The normalized spacial score (nSPS) is 22.6. The first kappa shape index (κ1) is 12.8. The molecule has 1 amide bonds. The second kappa shape index (κ2) is 6.36. The van der Waals surface area contributed by atoms with Gasteiger partial charge in [0.25, 0.3) is 0 Å². The van der Waals surface area contributed by atoms with E-state index in [4.69, 9.17) is 0 Å². The molecule has 0 aromatic carbocycles. The number of carbonyl (C=O) groups excluding carboxylic acids is 1. The summed E-state index contributed by atoms with van der Waals surface area (Å²) >= 11 is 0. The van der Waals surface area contributed by atoms with Gasteiger partial charge >= 0.3 is 0 Å². The summed E-state index contributed by atoms with van der Waals surface area (Å²) < 4.78 is 0. The predicted octanol–water partition coefficient (Wildman–Crippen LogP) is 0.587. The first-order valence-corrected chi connectivity index (χ1v) is 6.94. The summed E-state index contributed by atoms with van der Waals surface area (Å²) in [5, 5.41) is 6.27. The molecule has 1 aliphatic carbocycles. The third-order valence-corrected chi connectivity index (χ3v) is 3.82. The van der Waals surface area contributed by atoms with Crippen molar-refractivity contribution in [2.75, 3.05) is 33.2 Å². The van der Waals surface area contributed by atoms with Crippen LogP contribution in [-0.4, -0.2) is 50.1 Å². The van der Waals surface area contributed by atoms with E-state index in [2.05, 4.69) is 15.5 Å². The molecule has 1 heterocycles. The van der Waals surface area contributed by atoms with E-state index in [9.17, 15) is 4.79 Å². The summed E-state index contributed by atoms with van der Waals surface area (Å²) in [6.07, 6.45) is 6.13. The second-order valence-corrected chi connectivity index (χ2v) is 5.45. The Bertz CT molecular complexity index is 245. The molecule has 2 aliphatic rings. The molecule has 0 bridgehead atoms. The quantitative estimate of drug-likeness (QED) is 0.713. The van der Waals surface area contributed by atoms with E-state index in [1.165, 1.54) is 32.1 Å². The van der Waals surface area contributed by atoms with Gasteiger partial charge in [0, 0.05) is 6.04 Å². The Labute approximate surface area is 104 Å². The van der Waals surface area contributed by atoms with Gasteiger partial charge in [0.2, 0.25) is 5.91 Å². The summed E-state index contributed by atoms with van der Waals surface area (Å²) in [6, 6.07) is 0.496. The van der Waals surface area contributed by atoms with Gasteiger partial charge in [-0.15, -0.1) is 0 Å². The topological polar surface area (TPSA) is 44.4 Å². The highest BCUT2D eigenvalue weighted by Crippen LogP contribution is 2.20. The predicted molar refractivity (Wildman–Crippen MR) is 68.9 cm³/mol. The lowest BCUT2D eigenvalue weighted by molar-refractivity contribution is -0.122. The minimum Gasteiger partial charge on any atom is -0.352 e. The van der Waals surface area contributed by atoms with Crippen LogP contribution < -0.4 is 10.6 Å². The first-order chi connectivity index (χ1) is 8.28. The minimum atomic E-state index is 0.223. The Balaban J connectivity index is 1.59. The molecule has 0 radical (unpaired) electrons. The van der Waals surface area contributed by atoms with Gasteiger partial charge in [-0.3, -0.25) is 9.69 Å². The zero-order chi connectivity index (χ0) is 12.1. The number of likely N-dealkylation sites (tertiary alicyclic amines) is 1. The lowest BCUT2D eigenvalue weighted by atomic mass is 9.93. The SMILES string of the molecule is CNCCC1CCN(CC(=O)NC2CC2)CC1. The van der Waals surface area contributed by atoms with E-state index in [0.29, 0.717) is 12.6 Å². The molecule has 98 valence electrons. The van der Waals surface area contributed by atoms with Crippen LogP contribution in [-0.2, 0) is 4.79 Å². The number of piperidine rings is 1. The van der Waals surface area contributed by atoms with Crippen LogP contribution in [0.1, 0.15) is 32.1 Å². The maximum absolute atomic E-state index is 11.7. The molecule has 4 nitrogen and oxygen atoms in total. The van der Waals surface area contributed by atoms with Gasteiger partial charge in [0.1, 0.15) is 0 Å². The average Bonchev–Trinajstić information content (AvgIpc) is 3.12. The Morgan fingerprint density at radius 2 is 1.94 bits per heavy atom. The number of carbonyl (C=O) groups is 1. The zero-order valence-electron chi connectivity index (χ0n) is 10.9. The summed E-state index contributed by atoms with van der Waals surface area (Å²) in [4.78, 5) is 14.0. The molecule has 0 aromatic heterocycles. The largest absolute Gasteiger partial charge is 0.352 e. The molecule has 1 aliphatic heterocycles. The highest BCUT2D eigenvalue weighted by Gasteiger charge is 2.25. The van der Waals surface area contributed by atoms with Crippen molar-refractivity contribution >= 4 is 5.91 Å². The van der Waals surface area contributed by atoms with Gasteiger partial charge in [0.05, 0.1) is 6.54 Å². The van der Waals surface area contributed by atoms with Crippen molar-refractivity contribution in [3.05, 3.63) is 0 Å². The van der Waals surface area contributed by atoms with Gasteiger partial charge in [0.15, 0.2) is 0 Å². The van der Waals surface area contributed by atoms with E-state index in [1.807, 2.05) is 7.05 Å². The number of nitrogens with one attached hydrogen (secondary N) is 2. The Morgan fingerprint density at radius 3 is 2.53 bits per heavy atom. The van der Waals surface area contributed by atoms with Crippen LogP contribution in [0, 0.1) is 5.92 Å². The Kier molecular flexibility index (Phi) is 4.80. The smallest absolute Gasteiger partial charge is 0.234 e. The molecule has 17 heavy (non-hydrogen) atoms. The van der Waals surface area contributed by atoms with Crippen LogP contribution in [0.5, 0.6) is 0 Å². The van der Waals surface area contributed by atoms with E-state index in [1.54, 1.807) is 0 Å². The third-order valence-electron chi connectivity index (χ3n) is 3.82. The van der Waals surface area contributed by atoms with Crippen LogP contribution in [0.15, 0.2) is 0 Å². The van der Waals surface area contributed by atoms with Gasteiger partial charge in [-0.2, -0.15) is 0 Å². The van der Waals surface area contributed by atoms with Crippen molar-refractivity contribution in [2.24, 2.45) is 5.92 Å². The monoisotopic (exact) mass is 239 g/mol. The fraction of sp³-hybridized carbons (Fsp3) is 0.923. The third kappa shape index (κ3) is 4.64. The summed E-state index contributed by atoms with van der Waals surface area (Å²) in [5.74, 6) is 1.08. The van der Waals surface area contributed by atoms with E-state index < -0.39 is 0 Å². The van der Waals surface area contributed by atoms with E-state index in [0.717, 1.165) is 25.6 Å². The van der Waals surface area contributed by atoms with Gasteiger partial charge < -0.3 is 10.6 Å². The van der Waals surface area contributed by atoms with E-state index >= 15 is 0 Å². The summed E-state index contributed by atoms with van der Waals surface area (Å²) in [6.45, 7) is 3.90. The number of hydrogen-bond acceptors (Lipinski definition) is 3. The molecule has 2 N–H and O–H groups in total. The van der Waals surface area contributed by atoms with Gasteiger partial charge in [-0.25, -0.2) is 0 Å². The van der Waals surface area contributed by atoms with Crippen LogP contribution in [0.3, 0.4) is 0 Å². The maximum atomic E-state index is 11.7. The van der Waals surface area contributed by atoms with Crippen LogP contribution in [0.4, 0.5) is 0 Å².